The second-order valence-electron chi connectivity index (χ2n) is 7.74. The molecule has 2 unspecified atom stereocenters. The Hall–Kier alpha value is -3.46. The Morgan fingerprint density at radius 1 is 1.09 bits per heavy atom. The number of rotatable bonds is 11. The van der Waals surface area contributed by atoms with Crippen LogP contribution in [0.1, 0.15) is 21.5 Å². The molecule has 3 N–H and O–H groups in total. The van der Waals surface area contributed by atoms with E-state index in [0.29, 0.717) is 13.0 Å². The summed E-state index contributed by atoms with van der Waals surface area (Å²) in [6.07, 6.45) is -0.540. The number of ether oxygens (including phenoxy) is 1. The molecule has 0 saturated carbocycles. The Labute approximate surface area is 202 Å². The van der Waals surface area contributed by atoms with E-state index in [1.165, 1.54) is 12.1 Å². The van der Waals surface area contributed by atoms with Crippen LogP contribution in [0.25, 0.3) is 0 Å². The van der Waals surface area contributed by atoms with E-state index in [1.807, 2.05) is 54.6 Å². The van der Waals surface area contributed by atoms with Crippen LogP contribution in [-0.4, -0.2) is 41.7 Å². The van der Waals surface area contributed by atoms with E-state index in [2.05, 4.69) is 10.6 Å². The first-order chi connectivity index (χ1) is 16.4. The van der Waals surface area contributed by atoms with E-state index in [1.54, 1.807) is 7.11 Å². The lowest BCUT2D eigenvalue weighted by Crippen LogP contribution is -2.48. The molecule has 0 radical (unpaired) electrons. The number of halogens is 1. The first kappa shape index (κ1) is 25.2. The third kappa shape index (κ3) is 7.02. The number of benzene rings is 3. The van der Waals surface area contributed by atoms with Crippen molar-refractivity contribution in [1.29, 1.82) is 0 Å². The first-order valence-electron chi connectivity index (χ1n) is 10.7. The number of hydrogen-bond donors (Lipinski definition) is 3. The van der Waals surface area contributed by atoms with Gasteiger partial charge in [-0.05, 0) is 41.8 Å². The monoisotopic (exact) mass is 483 g/mol. The minimum absolute atomic E-state index is 0.0517. The van der Waals surface area contributed by atoms with Crippen molar-refractivity contribution in [3.05, 3.63) is 105 Å². The van der Waals surface area contributed by atoms with Crippen molar-refractivity contribution in [3.8, 4) is 5.75 Å². The van der Waals surface area contributed by atoms with Gasteiger partial charge in [0, 0.05) is 24.7 Å². The number of nitro groups is 1. The molecular formula is C25H26ClN3O5. The molecule has 178 valence electrons. The van der Waals surface area contributed by atoms with Gasteiger partial charge in [-0.15, -0.1) is 0 Å². The molecule has 0 fully saturated rings. The van der Waals surface area contributed by atoms with Gasteiger partial charge in [0.2, 0.25) is 0 Å². The fraction of sp³-hybridized carbons (Fsp3) is 0.240. The number of nitrogens with zero attached hydrogens (tertiary/aromatic N) is 1. The molecule has 3 aromatic rings. The van der Waals surface area contributed by atoms with Gasteiger partial charge in [-0.3, -0.25) is 14.9 Å². The van der Waals surface area contributed by atoms with Crippen molar-refractivity contribution in [2.24, 2.45) is 0 Å². The Morgan fingerprint density at radius 3 is 2.53 bits per heavy atom. The van der Waals surface area contributed by atoms with Crippen LogP contribution in [0.2, 0.25) is 5.02 Å². The van der Waals surface area contributed by atoms with E-state index in [0.717, 1.165) is 22.9 Å². The van der Waals surface area contributed by atoms with Crippen molar-refractivity contribution in [3.63, 3.8) is 0 Å². The fourth-order valence-electron chi connectivity index (χ4n) is 3.49. The van der Waals surface area contributed by atoms with Crippen molar-refractivity contribution in [2.45, 2.75) is 25.1 Å². The van der Waals surface area contributed by atoms with Crippen LogP contribution >= 0.6 is 11.6 Å². The molecule has 0 spiro atoms. The molecule has 0 aliphatic heterocycles. The quantitative estimate of drug-likeness (QED) is 0.283. The Bertz CT molecular complexity index is 1130. The molecule has 3 rings (SSSR count). The van der Waals surface area contributed by atoms with Crippen molar-refractivity contribution in [2.75, 3.05) is 13.7 Å². The molecule has 0 aliphatic carbocycles. The number of carbonyl (C=O) groups excluding carboxylic acids is 1. The number of methoxy groups -OCH3 is 1. The summed E-state index contributed by atoms with van der Waals surface area (Å²) in [5.74, 6) is 0.207. The molecule has 1 amide bonds. The number of nitro benzene ring substituents is 1. The number of hydrogen-bond acceptors (Lipinski definition) is 6. The molecule has 0 heterocycles. The van der Waals surface area contributed by atoms with Crippen molar-refractivity contribution < 1.29 is 19.6 Å². The van der Waals surface area contributed by atoms with Gasteiger partial charge >= 0.3 is 0 Å². The molecule has 8 nitrogen and oxygen atoms in total. The summed E-state index contributed by atoms with van der Waals surface area (Å²) in [6, 6.07) is 20.3. The second-order valence-corrected chi connectivity index (χ2v) is 8.15. The average molecular weight is 484 g/mol. The highest BCUT2D eigenvalue weighted by molar-refractivity contribution is 6.32. The third-order valence-electron chi connectivity index (χ3n) is 5.30. The van der Waals surface area contributed by atoms with Crippen LogP contribution in [0.15, 0.2) is 72.8 Å². The average Bonchev–Trinajstić information content (AvgIpc) is 2.84. The van der Waals surface area contributed by atoms with Crippen LogP contribution in [-0.2, 0) is 13.0 Å². The highest BCUT2D eigenvalue weighted by atomic mass is 35.5. The number of aliphatic hydroxyl groups excluding tert-OH is 1. The number of nitrogens with one attached hydrogen (secondary N) is 2. The largest absolute Gasteiger partial charge is 0.497 e. The third-order valence-corrected chi connectivity index (χ3v) is 5.62. The van der Waals surface area contributed by atoms with Gasteiger partial charge in [0.05, 0.1) is 24.2 Å². The maximum atomic E-state index is 12.9. The number of aliphatic hydroxyl groups is 1. The summed E-state index contributed by atoms with van der Waals surface area (Å²) in [7, 11) is 1.60. The van der Waals surface area contributed by atoms with Gasteiger partial charge < -0.3 is 20.5 Å². The molecule has 9 heteroatoms. The van der Waals surface area contributed by atoms with Gasteiger partial charge in [0.1, 0.15) is 10.8 Å². The lowest BCUT2D eigenvalue weighted by molar-refractivity contribution is -0.384. The molecular weight excluding hydrogens is 458 g/mol. The maximum absolute atomic E-state index is 12.9. The molecule has 3 aromatic carbocycles. The normalized spacial score (nSPS) is 12.6. The molecule has 0 aliphatic rings. The van der Waals surface area contributed by atoms with Crippen LogP contribution in [0, 0.1) is 10.1 Å². The van der Waals surface area contributed by atoms with E-state index in [-0.39, 0.29) is 22.8 Å². The zero-order chi connectivity index (χ0) is 24.5. The number of carbonyl (C=O) groups is 1. The highest BCUT2D eigenvalue weighted by Gasteiger charge is 2.24. The lowest BCUT2D eigenvalue weighted by atomic mass is 10.00. The second kappa shape index (κ2) is 12.1. The molecule has 34 heavy (non-hydrogen) atoms. The Balaban J connectivity index is 1.70. The van der Waals surface area contributed by atoms with Crippen LogP contribution in [0.4, 0.5) is 5.69 Å². The van der Waals surface area contributed by atoms with E-state index in [4.69, 9.17) is 16.3 Å². The zero-order valence-corrected chi connectivity index (χ0v) is 19.4. The summed E-state index contributed by atoms with van der Waals surface area (Å²) in [6.45, 7) is 0.722. The standard InChI is InChI=1S/C25H26ClN3O5/c1-34-20-9-5-8-18(12-20)15-27-16-24(30)22(13-17-6-3-2-4-7-17)28-25(31)19-10-11-21(26)23(14-19)29(32)33/h2-12,14,22,24,27,30H,13,15-16H2,1H3,(H,28,31). The van der Waals surface area contributed by atoms with Crippen LogP contribution < -0.4 is 15.4 Å². The molecule has 2 atom stereocenters. The SMILES string of the molecule is COc1cccc(CNCC(O)C(Cc2ccccc2)NC(=O)c2ccc(Cl)c([N+](=O)[O-])c2)c1. The summed E-state index contributed by atoms with van der Waals surface area (Å²) < 4.78 is 5.23. The smallest absolute Gasteiger partial charge is 0.288 e. The number of amides is 1. The zero-order valence-electron chi connectivity index (χ0n) is 18.6. The lowest BCUT2D eigenvalue weighted by Gasteiger charge is -2.25. The predicted octanol–water partition coefficient (Wildman–Crippen LogP) is 3.75. The van der Waals surface area contributed by atoms with E-state index < -0.39 is 23.0 Å². The van der Waals surface area contributed by atoms with Crippen molar-refractivity contribution >= 4 is 23.2 Å². The van der Waals surface area contributed by atoms with Crippen LogP contribution in [0.3, 0.4) is 0 Å². The van der Waals surface area contributed by atoms with Gasteiger partial charge in [0.15, 0.2) is 0 Å². The van der Waals surface area contributed by atoms with Crippen molar-refractivity contribution in [1.82, 2.24) is 10.6 Å². The molecule has 0 bridgehead atoms. The van der Waals surface area contributed by atoms with E-state index >= 15 is 0 Å². The summed E-state index contributed by atoms with van der Waals surface area (Å²) in [5.41, 5.74) is 1.66. The highest BCUT2D eigenvalue weighted by Crippen LogP contribution is 2.25. The Morgan fingerprint density at radius 2 is 1.82 bits per heavy atom. The first-order valence-corrected chi connectivity index (χ1v) is 11.1. The Kier molecular flexibility index (Phi) is 8.98. The van der Waals surface area contributed by atoms with Gasteiger partial charge in [-0.1, -0.05) is 54.1 Å². The summed E-state index contributed by atoms with van der Waals surface area (Å²) in [4.78, 5) is 23.4. The fourth-order valence-corrected chi connectivity index (χ4v) is 3.67. The van der Waals surface area contributed by atoms with Gasteiger partial charge in [-0.25, -0.2) is 0 Å². The van der Waals surface area contributed by atoms with Gasteiger partial charge in [-0.2, -0.15) is 0 Å². The topological polar surface area (TPSA) is 114 Å². The molecule has 0 saturated heterocycles. The minimum atomic E-state index is -0.919. The predicted molar refractivity (Wildman–Crippen MR) is 130 cm³/mol. The van der Waals surface area contributed by atoms with Gasteiger partial charge in [0.25, 0.3) is 11.6 Å². The summed E-state index contributed by atoms with van der Waals surface area (Å²) in [5, 5.41) is 28.0. The van der Waals surface area contributed by atoms with E-state index in [9.17, 15) is 20.0 Å². The maximum Gasteiger partial charge on any atom is 0.288 e. The van der Waals surface area contributed by atoms with Crippen LogP contribution in [0.5, 0.6) is 5.75 Å². The minimum Gasteiger partial charge on any atom is -0.497 e. The summed E-state index contributed by atoms with van der Waals surface area (Å²) >= 11 is 5.86. The molecule has 0 aromatic heterocycles.